The van der Waals surface area contributed by atoms with E-state index in [0.717, 1.165) is 36.4 Å². The fourth-order valence-electron chi connectivity index (χ4n) is 3.99. The molecule has 0 saturated carbocycles. The first-order valence-electron chi connectivity index (χ1n) is 10.8. The summed E-state index contributed by atoms with van der Waals surface area (Å²) in [7, 11) is -0.0379. The van der Waals surface area contributed by atoms with E-state index in [1.807, 2.05) is 11.6 Å². The Labute approximate surface area is 188 Å². The summed E-state index contributed by atoms with van der Waals surface area (Å²) in [5, 5.41) is 2.87. The summed E-state index contributed by atoms with van der Waals surface area (Å²) >= 11 is 0. The van der Waals surface area contributed by atoms with Crippen molar-refractivity contribution in [3.05, 3.63) is 48.3 Å². The molecule has 1 amide bonds. The molecule has 0 unspecified atom stereocenters. The van der Waals surface area contributed by atoms with Gasteiger partial charge in [-0.1, -0.05) is 6.42 Å². The maximum atomic E-state index is 13.0. The number of hydrogen-bond donors (Lipinski definition) is 1. The number of benzene rings is 2. The number of imidazole rings is 1. The van der Waals surface area contributed by atoms with Crippen LogP contribution in [0.3, 0.4) is 0 Å². The number of carbonyl (C=O) groups is 1. The molecule has 1 aliphatic rings. The molecule has 1 saturated heterocycles. The van der Waals surface area contributed by atoms with E-state index in [1.54, 1.807) is 53.9 Å². The zero-order chi connectivity index (χ0) is 22.7. The summed E-state index contributed by atoms with van der Waals surface area (Å²) in [6.07, 6.45) is 3.58. The van der Waals surface area contributed by atoms with Crippen molar-refractivity contribution < 1.29 is 17.9 Å². The highest BCUT2D eigenvalue weighted by atomic mass is 32.2. The maximum absolute atomic E-state index is 13.0. The molecular formula is C23H28N4O4S. The molecule has 8 nitrogen and oxygen atoms in total. The third kappa shape index (κ3) is 4.63. The first kappa shape index (κ1) is 22.3. The molecule has 1 N–H and O–H groups in total. The minimum atomic E-state index is -3.51. The van der Waals surface area contributed by atoms with E-state index in [-0.39, 0.29) is 17.2 Å². The molecule has 0 spiro atoms. The Morgan fingerprint density at radius 3 is 2.50 bits per heavy atom. The van der Waals surface area contributed by atoms with Crippen LogP contribution in [0.5, 0.6) is 5.75 Å². The average Bonchev–Trinajstić information content (AvgIpc) is 3.13. The number of anilines is 1. The van der Waals surface area contributed by atoms with Crippen LogP contribution in [0.15, 0.2) is 47.4 Å². The maximum Gasteiger partial charge on any atom is 0.243 e. The molecule has 0 bridgehead atoms. The van der Waals surface area contributed by atoms with Crippen molar-refractivity contribution in [2.24, 2.45) is 7.05 Å². The highest BCUT2D eigenvalue weighted by molar-refractivity contribution is 7.89. The molecule has 3 aromatic rings. The number of rotatable bonds is 7. The lowest BCUT2D eigenvalue weighted by Gasteiger charge is -2.25. The zero-order valence-electron chi connectivity index (χ0n) is 18.4. The molecule has 4 rings (SSSR count). The van der Waals surface area contributed by atoms with Crippen LogP contribution in [-0.2, 0) is 28.3 Å². The topological polar surface area (TPSA) is 93.5 Å². The molecule has 1 fully saturated rings. The van der Waals surface area contributed by atoms with Crippen molar-refractivity contribution in [2.75, 3.05) is 25.5 Å². The normalized spacial score (nSPS) is 15.1. The number of nitrogens with one attached hydrogen (secondary N) is 1. The van der Waals surface area contributed by atoms with Gasteiger partial charge in [0.05, 0.1) is 23.0 Å². The van der Waals surface area contributed by atoms with Crippen molar-refractivity contribution in [3.8, 4) is 5.75 Å². The van der Waals surface area contributed by atoms with Crippen LogP contribution in [0.1, 0.15) is 31.5 Å². The number of carbonyl (C=O) groups excluding carboxylic acids is 1. The summed E-state index contributed by atoms with van der Waals surface area (Å²) in [6.45, 7) is 1.13. The van der Waals surface area contributed by atoms with Gasteiger partial charge in [-0.2, -0.15) is 4.31 Å². The van der Waals surface area contributed by atoms with Crippen LogP contribution in [0.2, 0.25) is 0 Å². The molecule has 2 aromatic carbocycles. The van der Waals surface area contributed by atoms with Crippen LogP contribution in [-0.4, -0.2) is 48.4 Å². The van der Waals surface area contributed by atoms with Gasteiger partial charge in [0.1, 0.15) is 11.6 Å². The van der Waals surface area contributed by atoms with Gasteiger partial charge in [-0.15, -0.1) is 0 Å². The first-order valence-corrected chi connectivity index (χ1v) is 12.2. The van der Waals surface area contributed by atoms with E-state index in [0.29, 0.717) is 30.7 Å². The summed E-state index contributed by atoms with van der Waals surface area (Å²) in [5.74, 6) is 1.34. The lowest BCUT2D eigenvalue weighted by molar-refractivity contribution is -0.116. The summed E-state index contributed by atoms with van der Waals surface area (Å²) in [5.41, 5.74) is 2.16. The minimum Gasteiger partial charge on any atom is -0.497 e. The van der Waals surface area contributed by atoms with Crippen LogP contribution >= 0.6 is 0 Å². The smallest absolute Gasteiger partial charge is 0.243 e. The van der Waals surface area contributed by atoms with Gasteiger partial charge in [0.25, 0.3) is 0 Å². The Morgan fingerprint density at radius 2 is 1.81 bits per heavy atom. The Morgan fingerprint density at radius 1 is 1.09 bits per heavy atom. The van der Waals surface area contributed by atoms with Crippen LogP contribution in [0.4, 0.5) is 5.69 Å². The molecule has 1 aromatic heterocycles. The molecule has 32 heavy (non-hydrogen) atoms. The van der Waals surface area contributed by atoms with Gasteiger partial charge in [-0.25, -0.2) is 13.4 Å². The van der Waals surface area contributed by atoms with Gasteiger partial charge in [0.15, 0.2) is 0 Å². The fraction of sp³-hybridized carbons (Fsp3) is 0.391. The molecule has 0 radical (unpaired) electrons. The Hall–Kier alpha value is -2.91. The predicted molar refractivity (Wildman–Crippen MR) is 123 cm³/mol. The lowest BCUT2D eigenvalue weighted by atomic mass is 10.2. The van der Waals surface area contributed by atoms with Crippen LogP contribution < -0.4 is 10.1 Å². The highest BCUT2D eigenvalue weighted by Crippen LogP contribution is 2.25. The van der Waals surface area contributed by atoms with E-state index in [1.165, 1.54) is 0 Å². The van der Waals surface area contributed by atoms with Crippen LogP contribution in [0.25, 0.3) is 11.0 Å². The molecule has 170 valence electrons. The molecule has 0 aliphatic carbocycles. The van der Waals surface area contributed by atoms with Crippen molar-refractivity contribution >= 4 is 32.7 Å². The first-order chi connectivity index (χ1) is 15.4. The van der Waals surface area contributed by atoms with Crippen LogP contribution in [0, 0.1) is 0 Å². The molecule has 1 aliphatic heterocycles. The van der Waals surface area contributed by atoms with Gasteiger partial charge in [-0.3, -0.25) is 4.79 Å². The van der Waals surface area contributed by atoms with Gasteiger partial charge in [0.2, 0.25) is 15.9 Å². The summed E-state index contributed by atoms with van der Waals surface area (Å²) in [4.78, 5) is 17.3. The largest absolute Gasteiger partial charge is 0.497 e. The standard InChI is InChI=1S/C23H28N4O4S/c1-26-21-11-10-19(32(29,30)27-14-4-3-5-15-27)16-20(21)25-22(26)12-13-23(28)24-17-6-8-18(31-2)9-7-17/h6-11,16H,3-5,12-15H2,1-2H3,(H,24,28). The number of aryl methyl sites for hydroxylation is 2. The summed E-state index contributed by atoms with van der Waals surface area (Å²) < 4.78 is 34.6. The number of fused-ring (bicyclic) bond motifs is 1. The minimum absolute atomic E-state index is 0.115. The lowest BCUT2D eigenvalue weighted by Crippen LogP contribution is -2.35. The van der Waals surface area contributed by atoms with Gasteiger partial charge in [-0.05, 0) is 55.3 Å². The number of methoxy groups -OCH3 is 1. The average molecular weight is 457 g/mol. The number of piperidine rings is 1. The second-order valence-electron chi connectivity index (χ2n) is 7.98. The van der Waals surface area contributed by atoms with Crippen molar-refractivity contribution in [3.63, 3.8) is 0 Å². The van der Waals surface area contributed by atoms with Crippen molar-refractivity contribution in [1.29, 1.82) is 0 Å². The number of hydrogen-bond acceptors (Lipinski definition) is 5. The number of aromatic nitrogens is 2. The summed E-state index contributed by atoms with van der Waals surface area (Å²) in [6, 6.07) is 12.2. The van der Waals surface area contributed by atoms with Crippen molar-refractivity contribution in [2.45, 2.75) is 37.0 Å². The SMILES string of the molecule is COc1ccc(NC(=O)CCc2nc3cc(S(=O)(=O)N4CCCCC4)ccc3n2C)cc1. The Kier molecular flexibility index (Phi) is 6.48. The quantitative estimate of drug-likeness (QED) is 0.589. The number of sulfonamides is 1. The van der Waals surface area contributed by atoms with E-state index < -0.39 is 10.0 Å². The Bertz CT molecular complexity index is 1210. The highest BCUT2D eigenvalue weighted by Gasteiger charge is 2.26. The second kappa shape index (κ2) is 9.30. The number of ether oxygens (including phenoxy) is 1. The Balaban J connectivity index is 1.46. The van der Waals surface area contributed by atoms with E-state index >= 15 is 0 Å². The third-order valence-electron chi connectivity index (χ3n) is 5.85. The molecule has 2 heterocycles. The molecule has 0 atom stereocenters. The molecular weight excluding hydrogens is 428 g/mol. The second-order valence-corrected chi connectivity index (χ2v) is 9.92. The van der Waals surface area contributed by atoms with E-state index in [4.69, 9.17) is 4.74 Å². The van der Waals surface area contributed by atoms with Gasteiger partial charge < -0.3 is 14.6 Å². The van der Waals surface area contributed by atoms with Crippen molar-refractivity contribution in [1.82, 2.24) is 13.9 Å². The number of amides is 1. The van der Waals surface area contributed by atoms with E-state index in [2.05, 4.69) is 10.3 Å². The predicted octanol–water partition coefficient (Wildman–Crippen LogP) is 3.33. The van der Waals surface area contributed by atoms with Gasteiger partial charge in [0, 0.05) is 38.7 Å². The molecule has 9 heteroatoms. The fourth-order valence-corrected chi connectivity index (χ4v) is 5.53. The zero-order valence-corrected chi connectivity index (χ0v) is 19.2. The third-order valence-corrected chi connectivity index (χ3v) is 7.74. The van der Waals surface area contributed by atoms with E-state index in [9.17, 15) is 13.2 Å². The van der Waals surface area contributed by atoms with Gasteiger partial charge >= 0.3 is 0 Å². The number of nitrogens with zero attached hydrogens (tertiary/aromatic N) is 3. The monoisotopic (exact) mass is 456 g/mol.